The Labute approximate surface area is 148 Å². The van der Waals surface area contributed by atoms with Crippen LogP contribution in [0.2, 0.25) is 0 Å². The van der Waals surface area contributed by atoms with Gasteiger partial charge in [-0.05, 0) is 46.1 Å². The second-order valence-electron chi connectivity index (χ2n) is 7.42. The third-order valence-corrected chi connectivity index (χ3v) is 5.18. The molecule has 0 radical (unpaired) electrons. The Bertz CT molecular complexity index is 860. The highest BCUT2D eigenvalue weighted by molar-refractivity contribution is 5.77. The quantitative estimate of drug-likeness (QED) is 0.907. The van der Waals surface area contributed by atoms with Gasteiger partial charge in [-0.2, -0.15) is 5.26 Å². The number of anilines is 1. The summed E-state index contributed by atoms with van der Waals surface area (Å²) >= 11 is 0. The SMILES string of the molecule is Cc1c(C2CCOC(C)(C)C2)nc(N)c(C#N)c1-c1cnc(C)n1C. The van der Waals surface area contributed by atoms with E-state index in [4.69, 9.17) is 10.5 Å². The van der Waals surface area contributed by atoms with E-state index in [0.29, 0.717) is 18.0 Å². The number of hydrogen-bond acceptors (Lipinski definition) is 5. The minimum Gasteiger partial charge on any atom is -0.383 e. The fraction of sp³-hybridized carbons (Fsp3) is 0.526. The standard InChI is InChI=1S/C19H25N5O/c1-11-16(15-10-22-12(2)24(15)5)14(9-20)18(21)23-17(11)13-6-7-25-19(3,4)8-13/h10,13H,6-8H2,1-5H3,(H2,21,23). The molecule has 1 aliphatic rings. The van der Waals surface area contributed by atoms with Crippen LogP contribution in [0.1, 0.15) is 55.3 Å². The summed E-state index contributed by atoms with van der Waals surface area (Å²) in [6.45, 7) is 8.89. The fourth-order valence-corrected chi connectivity index (χ4v) is 3.74. The Morgan fingerprint density at radius 1 is 1.40 bits per heavy atom. The van der Waals surface area contributed by atoms with Crippen molar-refractivity contribution < 1.29 is 4.74 Å². The lowest BCUT2D eigenvalue weighted by Gasteiger charge is -2.36. The summed E-state index contributed by atoms with van der Waals surface area (Å²) in [5, 5.41) is 9.65. The number of nitrogens with zero attached hydrogens (tertiary/aromatic N) is 4. The van der Waals surface area contributed by atoms with Crippen molar-refractivity contribution in [3.63, 3.8) is 0 Å². The predicted molar refractivity (Wildman–Crippen MR) is 97.0 cm³/mol. The Kier molecular flexibility index (Phi) is 4.29. The first-order valence-corrected chi connectivity index (χ1v) is 8.58. The molecule has 6 nitrogen and oxygen atoms in total. The van der Waals surface area contributed by atoms with Gasteiger partial charge in [0.25, 0.3) is 0 Å². The van der Waals surface area contributed by atoms with Gasteiger partial charge in [-0.15, -0.1) is 0 Å². The molecular weight excluding hydrogens is 314 g/mol. The van der Waals surface area contributed by atoms with Crippen LogP contribution in [0.5, 0.6) is 0 Å². The van der Waals surface area contributed by atoms with Crippen molar-refractivity contribution in [1.29, 1.82) is 5.26 Å². The Morgan fingerprint density at radius 3 is 2.68 bits per heavy atom. The number of ether oxygens (including phenoxy) is 1. The van der Waals surface area contributed by atoms with Gasteiger partial charge in [-0.25, -0.2) is 9.97 Å². The van der Waals surface area contributed by atoms with Crippen LogP contribution in [0.3, 0.4) is 0 Å². The molecule has 2 aromatic rings. The molecule has 1 aliphatic heterocycles. The summed E-state index contributed by atoms with van der Waals surface area (Å²) in [7, 11) is 1.95. The van der Waals surface area contributed by atoms with Crippen molar-refractivity contribution in [2.75, 3.05) is 12.3 Å². The topological polar surface area (TPSA) is 89.8 Å². The number of pyridine rings is 1. The second-order valence-corrected chi connectivity index (χ2v) is 7.42. The zero-order valence-corrected chi connectivity index (χ0v) is 15.6. The van der Waals surface area contributed by atoms with Crippen LogP contribution in [0.4, 0.5) is 5.82 Å². The zero-order valence-electron chi connectivity index (χ0n) is 15.6. The Balaban J connectivity index is 2.20. The van der Waals surface area contributed by atoms with Crippen molar-refractivity contribution in [2.24, 2.45) is 7.05 Å². The van der Waals surface area contributed by atoms with Crippen LogP contribution in [0, 0.1) is 25.2 Å². The maximum absolute atomic E-state index is 9.65. The third kappa shape index (κ3) is 3.00. The molecule has 0 bridgehead atoms. The summed E-state index contributed by atoms with van der Waals surface area (Å²) in [5.41, 5.74) is 10.2. The van der Waals surface area contributed by atoms with Crippen molar-refractivity contribution in [1.82, 2.24) is 14.5 Å². The van der Waals surface area contributed by atoms with Gasteiger partial charge in [0.1, 0.15) is 23.3 Å². The fourth-order valence-electron chi connectivity index (χ4n) is 3.74. The normalized spacial score (nSPS) is 19.6. The Morgan fingerprint density at radius 2 is 2.12 bits per heavy atom. The molecule has 2 N–H and O–H groups in total. The molecule has 6 heteroatoms. The van der Waals surface area contributed by atoms with Crippen molar-refractivity contribution >= 4 is 5.82 Å². The Hall–Kier alpha value is -2.39. The number of rotatable bonds is 2. The van der Waals surface area contributed by atoms with E-state index in [9.17, 15) is 5.26 Å². The van der Waals surface area contributed by atoms with E-state index in [-0.39, 0.29) is 11.5 Å². The van der Waals surface area contributed by atoms with Gasteiger partial charge in [-0.1, -0.05) is 0 Å². The lowest BCUT2D eigenvalue weighted by Crippen LogP contribution is -2.33. The monoisotopic (exact) mass is 339 g/mol. The average molecular weight is 339 g/mol. The first-order chi connectivity index (χ1) is 11.7. The van der Waals surface area contributed by atoms with Crippen LogP contribution in [0.25, 0.3) is 11.3 Å². The number of nitriles is 1. The van der Waals surface area contributed by atoms with Gasteiger partial charge < -0.3 is 15.0 Å². The molecule has 0 spiro atoms. The molecule has 3 heterocycles. The van der Waals surface area contributed by atoms with Crippen molar-refractivity contribution in [3.05, 3.63) is 28.8 Å². The van der Waals surface area contributed by atoms with Crippen LogP contribution in [-0.2, 0) is 11.8 Å². The van der Waals surface area contributed by atoms with Crippen LogP contribution < -0.4 is 5.73 Å². The second kappa shape index (κ2) is 6.16. The number of nitrogens with two attached hydrogens (primary N) is 1. The predicted octanol–water partition coefficient (Wildman–Crippen LogP) is 3.23. The molecule has 0 aromatic carbocycles. The van der Waals surface area contributed by atoms with Crippen LogP contribution >= 0.6 is 0 Å². The lowest BCUT2D eigenvalue weighted by atomic mass is 9.83. The molecule has 2 aromatic heterocycles. The molecule has 1 atom stereocenters. The highest BCUT2D eigenvalue weighted by Gasteiger charge is 2.33. The van der Waals surface area contributed by atoms with Gasteiger partial charge in [0, 0.05) is 30.8 Å². The molecule has 1 unspecified atom stereocenters. The first kappa shape index (κ1) is 17.4. The minimum atomic E-state index is -0.178. The summed E-state index contributed by atoms with van der Waals surface area (Å²) in [6, 6.07) is 2.23. The number of aryl methyl sites for hydroxylation is 1. The number of aromatic nitrogens is 3. The van der Waals surface area contributed by atoms with Gasteiger partial charge in [0.15, 0.2) is 0 Å². The number of imidazole rings is 1. The van der Waals surface area contributed by atoms with E-state index in [1.165, 1.54) is 0 Å². The molecule has 25 heavy (non-hydrogen) atoms. The molecule has 0 saturated carbocycles. The van der Waals surface area contributed by atoms with Crippen molar-refractivity contribution in [2.45, 2.75) is 52.1 Å². The maximum atomic E-state index is 9.65. The molecule has 0 aliphatic carbocycles. The molecular formula is C19H25N5O. The summed E-state index contributed by atoms with van der Waals surface area (Å²) in [6.07, 6.45) is 3.60. The smallest absolute Gasteiger partial charge is 0.142 e. The van der Waals surface area contributed by atoms with E-state index in [1.807, 2.05) is 25.5 Å². The zero-order chi connectivity index (χ0) is 18.4. The van der Waals surface area contributed by atoms with Gasteiger partial charge in [0.05, 0.1) is 17.5 Å². The van der Waals surface area contributed by atoms with Gasteiger partial charge in [-0.3, -0.25) is 0 Å². The van der Waals surface area contributed by atoms with E-state index in [0.717, 1.165) is 41.2 Å². The summed E-state index contributed by atoms with van der Waals surface area (Å²) in [5.74, 6) is 1.45. The van der Waals surface area contributed by atoms with E-state index in [2.05, 4.69) is 29.9 Å². The molecule has 132 valence electrons. The van der Waals surface area contributed by atoms with Gasteiger partial charge >= 0.3 is 0 Å². The maximum Gasteiger partial charge on any atom is 0.142 e. The van der Waals surface area contributed by atoms with Gasteiger partial charge in [0.2, 0.25) is 0 Å². The lowest BCUT2D eigenvalue weighted by molar-refractivity contribution is -0.0598. The molecule has 1 saturated heterocycles. The van der Waals surface area contributed by atoms with Crippen LogP contribution in [0.15, 0.2) is 6.20 Å². The molecule has 1 fully saturated rings. The van der Waals surface area contributed by atoms with E-state index >= 15 is 0 Å². The van der Waals surface area contributed by atoms with Crippen LogP contribution in [-0.4, -0.2) is 26.7 Å². The molecule has 3 rings (SSSR count). The van der Waals surface area contributed by atoms with Crippen molar-refractivity contribution in [3.8, 4) is 17.3 Å². The number of nitrogen functional groups attached to an aromatic ring is 1. The largest absolute Gasteiger partial charge is 0.383 e. The highest BCUT2D eigenvalue weighted by Crippen LogP contribution is 2.40. The first-order valence-electron chi connectivity index (χ1n) is 8.58. The average Bonchev–Trinajstić information content (AvgIpc) is 2.87. The minimum absolute atomic E-state index is 0.178. The summed E-state index contributed by atoms with van der Waals surface area (Å²) in [4.78, 5) is 9.00. The number of hydrogen-bond donors (Lipinski definition) is 1. The molecule has 0 amide bonds. The van der Waals surface area contributed by atoms with E-state index in [1.54, 1.807) is 6.20 Å². The summed E-state index contributed by atoms with van der Waals surface area (Å²) < 4.78 is 7.83. The van der Waals surface area contributed by atoms with E-state index < -0.39 is 0 Å². The third-order valence-electron chi connectivity index (χ3n) is 5.18. The highest BCUT2D eigenvalue weighted by atomic mass is 16.5.